The lowest BCUT2D eigenvalue weighted by molar-refractivity contribution is -0.148. The molecule has 0 aromatic carbocycles. The summed E-state index contributed by atoms with van der Waals surface area (Å²) in [5.74, 6) is 0.114. The number of carbonyl (C=O) groups is 2. The first-order valence-electron chi connectivity index (χ1n) is 6.66. The van der Waals surface area contributed by atoms with Gasteiger partial charge in [0.25, 0.3) is 0 Å². The van der Waals surface area contributed by atoms with E-state index in [4.69, 9.17) is 5.11 Å². The van der Waals surface area contributed by atoms with E-state index in [0.29, 0.717) is 5.75 Å². The molecule has 0 saturated carbocycles. The second-order valence-corrected chi connectivity index (χ2v) is 7.12. The Balaban J connectivity index is 1.75. The molecule has 6 nitrogen and oxygen atoms in total. The van der Waals surface area contributed by atoms with Gasteiger partial charge >= 0.3 is 5.97 Å². The highest BCUT2D eigenvalue weighted by Gasteiger charge is 2.38. The molecule has 2 N–H and O–H groups in total. The average molecular weight is 330 g/mol. The molecular weight excluding hydrogens is 312 g/mol. The minimum Gasteiger partial charge on any atom is -0.480 e. The number of β-amino-alcohol motifs (C(OH)–C–C–N with tert-alkyl or cyclic N) is 1. The van der Waals surface area contributed by atoms with E-state index in [1.165, 1.54) is 4.90 Å². The van der Waals surface area contributed by atoms with Gasteiger partial charge in [0.2, 0.25) is 5.91 Å². The lowest BCUT2D eigenvalue weighted by Gasteiger charge is -2.20. The van der Waals surface area contributed by atoms with E-state index in [2.05, 4.69) is 4.98 Å². The fourth-order valence-electron chi connectivity index (χ4n) is 2.28. The summed E-state index contributed by atoms with van der Waals surface area (Å²) < 4.78 is 0. The van der Waals surface area contributed by atoms with Crippen LogP contribution in [0.2, 0.25) is 0 Å². The van der Waals surface area contributed by atoms with Crippen molar-refractivity contribution < 1.29 is 19.8 Å². The fraction of sp³-hybridized carbons (Fsp3) is 0.615. The molecule has 1 saturated heterocycles. The van der Waals surface area contributed by atoms with Gasteiger partial charge in [-0.3, -0.25) is 4.79 Å². The number of thiazole rings is 1. The number of carbonyl (C=O) groups excluding carboxylic acids is 1. The zero-order chi connectivity index (χ0) is 15.4. The standard InChI is InChI=1S/C13H18N2O4S2/c1-8-14-9(7-21-8)6-20-3-2-12(17)15-5-10(16)4-11(15)13(18)19/h7,10-11,16H,2-6H2,1H3,(H,18,19). The molecule has 2 atom stereocenters. The van der Waals surface area contributed by atoms with Gasteiger partial charge in [0.05, 0.1) is 16.8 Å². The van der Waals surface area contributed by atoms with E-state index < -0.39 is 18.1 Å². The molecule has 0 bridgehead atoms. The van der Waals surface area contributed by atoms with E-state index in [1.807, 2.05) is 12.3 Å². The van der Waals surface area contributed by atoms with E-state index in [1.54, 1.807) is 23.1 Å². The molecule has 0 radical (unpaired) electrons. The van der Waals surface area contributed by atoms with Gasteiger partial charge in [0, 0.05) is 36.3 Å². The topological polar surface area (TPSA) is 90.7 Å². The van der Waals surface area contributed by atoms with Crippen LogP contribution in [-0.2, 0) is 15.3 Å². The van der Waals surface area contributed by atoms with E-state index in [-0.39, 0.29) is 25.3 Å². The Bertz CT molecular complexity index is 520. The molecule has 1 amide bonds. The molecule has 2 rings (SSSR count). The smallest absolute Gasteiger partial charge is 0.326 e. The van der Waals surface area contributed by atoms with Gasteiger partial charge < -0.3 is 15.1 Å². The van der Waals surface area contributed by atoms with Crippen LogP contribution in [0, 0.1) is 6.92 Å². The molecule has 1 aromatic rings. The minimum absolute atomic E-state index is 0.117. The maximum Gasteiger partial charge on any atom is 0.326 e. The Morgan fingerprint density at radius 3 is 2.95 bits per heavy atom. The van der Waals surface area contributed by atoms with Crippen LogP contribution in [-0.4, -0.2) is 56.4 Å². The summed E-state index contributed by atoms with van der Waals surface area (Å²) in [5, 5.41) is 21.6. The summed E-state index contributed by atoms with van der Waals surface area (Å²) in [6.45, 7) is 2.07. The zero-order valence-electron chi connectivity index (χ0n) is 11.7. The number of nitrogens with zero attached hydrogens (tertiary/aromatic N) is 2. The number of likely N-dealkylation sites (tertiary alicyclic amines) is 1. The van der Waals surface area contributed by atoms with Crippen LogP contribution >= 0.6 is 23.1 Å². The fourth-order valence-corrected chi connectivity index (χ4v) is 3.82. The van der Waals surface area contributed by atoms with Crippen molar-refractivity contribution in [3.05, 3.63) is 16.1 Å². The van der Waals surface area contributed by atoms with E-state index in [9.17, 15) is 14.7 Å². The van der Waals surface area contributed by atoms with Crippen molar-refractivity contribution in [3.63, 3.8) is 0 Å². The Hall–Kier alpha value is -1.12. The predicted molar refractivity (Wildman–Crippen MR) is 81.4 cm³/mol. The maximum atomic E-state index is 12.0. The van der Waals surface area contributed by atoms with E-state index in [0.717, 1.165) is 16.5 Å². The summed E-state index contributed by atoms with van der Waals surface area (Å²) in [6, 6.07) is -0.890. The molecule has 1 aliphatic rings. The van der Waals surface area contributed by atoms with Gasteiger partial charge in [-0.15, -0.1) is 11.3 Å². The Kier molecular flexibility index (Phi) is 5.60. The van der Waals surface area contributed by atoms with Gasteiger partial charge in [-0.25, -0.2) is 9.78 Å². The molecule has 1 aromatic heterocycles. The molecule has 2 unspecified atom stereocenters. The van der Waals surface area contributed by atoms with Crippen molar-refractivity contribution in [3.8, 4) is 0 Å². The molecule has 1 fully saturated rings. The number of rotatable bonds is 6. The average Bonchev–Trinajstić information content (AvgIpc) is 3.00. The first-order valence-corrected chi connectivity index (χ1v) is 8.70. The van der Waals surface area contributed by atoms with Crippen LogP contribution in [0.3, 0.4) is 0 Å². The van der Waals surface area contributed by atoms with Crippen LogP contribution in [0.5, 0.6) is 0 Å². The first kappa shape index (κ1) is 16.3. The summed E-state index contributed by atoms with van der Waals surface area (Å²) in [7, 11) is 0. The van der Waals surface area contributed by atoms with Crippen molar-refractivity contribution >= 4 is 35.0 Å². The molecule has 116 valence electrons. The number of aliphatic carboxylic acids is 1. The van der Waals surface area contributed by atoms with Crippen molar-refractivity contribution in [2.75, 3.05) is 12.3 Å². The monoisotopic (exact) mass is 330 g/mol. The number of carboxylic acid groups (broad SMARTS) is 1. The van der Waals surface area contributed by atoms with Gasteiger partial charge in [0.1, 0.15) is 6.04 Å². The lowest BCUT2D eigenvalue weighted by atomic mass is 10.2. The number of aliphatic hydroxyl groups excluding tert-OH is 1. The highest BCUT2D eigenvalue weighted by atomic mass is 32.2. The highest BCUT2D eigenvalue weighted by Crippen LogP contribution is 2.21. The number of thioether (sulfide) groups is 1. The van der Waals surface area contributed by atoms with Crippen LogP contribution in [0.15, 0.2) is 5.38 Å². The van der Waals surface area contributed by atoms with Crippen molar-refractivity contribution in [2.45, 2.75) is 37.7 Å². The van der Waals surface area contributed by atoms with Crippen LogP contribution in [0.1, 0.15) is 23.5 Å². The summed E-state index contributed by atoms with van der Waals surface area (Å²) >= 11 is 3.20. The summed E-state index contributed by atoms with van der Waals surface area (Å²) in [5.41, 5.74) is 1.01. The quantitative estimate of drug-likeness (QED) is 0.760. The highest BCUT2D eigenvalue weighted by molar-refractivity contribution is 7.98. The van der Waals surface area contributed by atoms with Crippen molar-refractivity contribution in [1.29, 1.82) is 0 Å². The number of hydrogen-bond donors (Lipinski definition) is 2. The lowest BCUT2D eigenvalue weighted by Crippen LogP contribution is -2.40. The Morgan fingerprint density at radius 1 is 1.57 bits per heavy atom. The van der Waals surface area contributed by atoms with Crippen LogP contribution < -0.4 is 0 Å². The maximum absolute atomic E-state index is 12.0. The Morgan fingerprint density at radius 2 is 2.33 bits per heavy atom. The van der Waals surface area contributed by atoms with Gasteiger partial charge in [-0.1, -0.05) is 0 Å². The minimum atomic E-state index is -1.05. The summed E-state index contributed by atoms with van der Waals surface area (Å²) in [6.07, 6.45) is -0.336. The molecule has 21 heavy (non-hydrogen) atoms. The second-order valence-electron chi connectivity index (χ2n) is 4.95. The second kappa shape index (κ2) is 7.24. The third-order valence-electron chi connectivity index (χ3n) is 3.26. The zero-order valence-corrected chi connectivity index (χ0v) is 13.3. The molecule has 2 heterocycles. The third kappa shape index (κ3) is 4.42. The molecule has 0 aliphatic carbocycles. The normalized spacial score (nSPS) is 21.7. The molecular formula is C13H18N2O4S2. The number of hydrogen-bond acceptors (Lipinski definition) is 6. The van der Waals surface area contributed by atoms with Gasteiger partial charge in [-0.05, 0) is 6.92 Å². The molecule has 0 spiro atoms. The SMILES string of the molecule is Cc1nc(CSCCC(=O)N2CC(O)CC2C(=O)O)cs1. The third-order valence-corrected chi connectivity index (χ3v) is 5.08. The largest absolute Gasteiger partial charge is 0.480 e. The first-order chi connectivity index (χ1) is 9.97. The number of amides is 1. The van der Waals surface area contributed by atoms with Gasteiger partial charge in [-0.2, -0.15) is 11.8 Å². The van der Waals surface area contributed by atoms with Crippen molar-refractivity contribution in [1.82, 2.24) is 9.88 Å². The number of aliphatic hydroxyl groups is 1. The summed E-state index contributed by atoms with van der Waals surface area (Å²) in [4.78, 5) is 28.7. The van der Waals surface area contributed by atoms with Crippen LogP contribution in [0.25, 0.3) is 0 Å². The predicted octanol–water partition coefficient (Wildman–Crippen LogP) is 1.12. The number of aryl methyl sites for hydroxylation is 1. The molecule has 8 heteroatoms. The molecule has 1 aliphatic heterocycles. The van der Waals surface area contributed by atoms with Gasteiger partial charge in [0.15, 0.2) is 0 Å². The van der Waals surface area contributed by atoms with Crippen LogP contribution in [0.4, 0.5) is 0 Å². The van der Waals surface area contributed by atoms with Crippen molar-refractivity contribution in [2.24, 2.45) is 0 Å². The number of carboxylic acids is 1. The Labute approximate surface area is 131 Å². The number of aromatic nitrogens is 1. The van der Waals surface area contributed by atoms with E-state index >= 15 is 0 Å².